The summed E-state index contributed by atoms with van der Waals surface area (Å²) in [6.45, 7) is 1.87. The average Bonchev–Trinajstić information content (AvgIpc) is 2.04. The molecule has 0 radical (unpaired) electrons. The average molecular weight is 233 g/mol. The highest BCUT2D eigenvalue weighted by molar-refractivity contribution is 9.09. The molecule has 1 amide bonds. The summed E-state index contributed by atoms with van der Waals surface area (Å²) >= 11 is 3.19. The highest BCUT2D eigenvalue weighted by atomic mass is 79.9. The van der Waals surface area contributed by atoms with Crippen LogP contribution in [0.15, 0.2) is 0 Å². The van der Waals surface area contributed by atoms with E-state index in [1.807, 2.05) is 13.0 Å². The fourth-order valence-electron chi connectivity index (χ4n) is 0.772. The maximum atomic E-state index is 11.2. The summed E-state index contributed by atoms with van der Waals surface area (Å²) in [6, 6.07) is 2.06. The van der Waals surface area contributed by atoms with Crippen molar-refractivity contribution in [1.82, 2.24) is 4.90 Å². The Hall–Kier alpha value is -0.560. The summed E-state index contributed by atoms with van der Waals surface area (Å²) in [5.41, 5.74) is 0. The molecule has 3 nitrogen and oxygen atoms in total. The minimum atomic E-state index is 0.0153. The number of nitriles is 1. The monoisotopic (exact) mass is 232 g/mol. The van der Waals surface area contributed by atoms with Gasteiger partial charge in [0, 0.05) is 24.8 Å². The van der Waals surface area contributed by atoms with Gasteiger partial charge in [0.25, 0.3) is 0 Å². The topological polar surface area (TPSA) is 44.1 Å². The van der Waals surface area contributed by atoms with Crippen LogP contribution in [0.2, 0.25) is 0 Å². The Kier molecular flexibility index (Phi) is 5.73. The number of hydrogen-bond donors (Lipinski definition) is 0. The molecule has 0 saturated carbocycles. The Bertz CT molecular complexity index is 188. The Morgan fingerprint density at radius 3 is 2.75 bits per heavy atom. The fraction of sp³-hybridized carbons (Fsp3) is 0.750. The first-order valence-corrected chi connectivity index (χ1v) is 4.94. The Morgan fingerprint density at radius 2 is 2.33 bits per heavy atom. The standard InChI is InChI=1S/C8H13BrN2O/c1-7(4-6-10)11(2)8(12)3-5-9/h7H,3-5H2,1-2H3. The van der Waals surface area contributed by atoms with Crippen molar-refractivity contribution in [2.24, 2.45) is 0 Å². The van der Waals surface area contributed by atoms with E-state index < -0.39 is 0 Å². The van der Waals surface area contributed by atoms with Crippen LogP contribution in [0.1, 0.15) is 19.8 Å². The zero-order valence-electron chi connectivity index (χ0n) is 7.38. The molecule has 1 unspecified atom stereocenters. The zero-order valence-corrected chi connectivity index (χ0v) is 8.97. The summed E-state index contributed by atoms with van der Waals surface area (Å²) in [4.78, 5) is 12.9. The Morgan fingerprint density at radius 1 is 1.75 bits per heavy atom. The first kappa shape index (κ1) is 11.4. The largest absolute Gasteiger partial charge is 0.342 e. The third-order valence-electron chi connectivity index (χ3n) is 1.75. The number of hydrogen-bond acceptors (Lipinski definition) is 2. The highest BCUT2D eigenvalue weighted by Crippen LogP contribution is 2.03. The molecule has 0 aromatic rings. The van der Waals surface area contributed by atoms with Gasteiger partial charge in [0.2, 0.25) is 5.91 Å². The lowest BCUT2D eigenvalue weighted by Gasteiger charge is -2.22. The maximum absolute atomic E-state index is 11.2. The van der Waals surface area contributed by atoms with E-state index in [9.17, 15) is 4.79 Å². The summed E-state index contributed by atoms with van der Waals surface area (Å²) < 4.78 is 0. The summed E-state index contributed by atoms with van der Waals surface area (Å²) in [5.74, 6) is 0.0784. The van der Waals surface area contributed by atoms with E-state index in [4.69, 9.17) is 5.26 Å². The SMILES string of the molecule is CC(CC#N)N(C)C(=O)CCBr. The van der Waals surface area contributed by atoms with E-state index in [1.165, 1.54) is 0 Å². The molecular formula is C8H13BrN2O. The molecule has 0 aromatic heterocycles. The molecule has 0 spiro atoms. The molecule has 0 N–H and O–H groups in total. The second kappa shape index (κ2) is 6.01. The lowest BCUT2D eigenvalue weighted by atomic mass is 10.2. The van der Waals surface area contributed by atoms with Gasteiger partial charge in [-0.05, 0) is 6.92 Å². The molecule has 0 rings (SSSR count). The minimum Gasteiger partial charge on any atom is -0.342 e. The molecule has 4 heteroatoms. The van der Waals surface area contributed by atoms with Crippen molar-refractivity contribution in [3.63, 3.8) is 0 Å². The molecule has 0 aliphatic heterocycles. The zero-order chi connectivity index (χ0) is 9.56. The van der Waals surface area contributed by atoms with Crippen molar-refractivity contribution in [2.75, 3.05) is 12.4 Å². The van der Waals surface area contributed by atoms with Crippen molar-refractivity contribution < 1.29 is 4.79 Å². The fourth-order valence-corrected chi connectivity index (χ4v) is 1.11. The van der Waals surface area contributed by atoms with Gasteiger partial charge in [-0.1, -0.05) is 15.9 Å². The smallest absolute Gasteiger partial charge is 0.223 e. The normalized spacial score (nSPS) is 11.8. The summed E-state index contributed by atoms with van der Waals surface area (Å²) in [5, 5.41) is 9.08. The van der Waals surface area contributed by atoms with Crippen LogP contribution in [0.4, 0.5) is 0 Å². The van der Waals surface area contributed by atoms with E-state index in [0.717, 1.165) is 0 Å². The minimum absolute atomic E-state index is 0.0153. The molecule has 68 valence electrons. The van der Waals surface area contributed by atoms with Gasteiger partial charge in [-0.15, -0.1) is 0 Å². The second-order valence-electron chi connectivity index (χ2n) is 2.65. The molecule has 0 bridgehead atoms. The van der Waals surface area contributed by atoms with Gasteiger partial charge in [0.1, 0.15) is 0 Å². The van der Waals surface area contributed by atoms with Crippen LogP contribution in [-0.2, 0) is 4.79 Å². The quantitative estimate of drug-likeness (QED) is 0.691. The maximum Gasteiger partial charge on any atom is 0.223 e. The first-order chi connectivity index (χ1) is 5.63. The molecule has 0 fully saturated rings. The number of carbonyl (C=O) groups excluding carboxylic acids is 1. The number of halogens is 1. The van der Waals surface area contributed by atoms with E-state index in [1.54, 1.807) is 11.9 Å². The van der Waals surface area contributed by atoms with Crippen molar-refractivity contribution in [2.45, 2.75) is 25.8 Å². The molecule has 0 aliphatic carbocycles. The number of nitrogens with zero attached hydrogens (tertiary/aromatic N) is 2. The van der Waals surface area contributed by atoms with Gasteiger partial charge < -0.3 is 4.90 Å². The van der Waals surface area contributed by atoms with Crippen LogP contribution in [-0.4, -0.2) is 29.2 Å². The van der Waals surface area contributed by atoms with Gasteiger partial charge in [0.15, 0.2) is 0 Å². The number of rotatable bonds is 4. The van der Waals surface area contributed by atoms with Crippen LogP contribution in [0.3, 0.4) is 0 Å². The number of carbonyl (C=O) groups is 1. The first-order valence-electron chi connectivity index (χ1n) is 3.82. The van der Waals surface area contributed by atoms with Crippen molar-refractivity contribution in [3.8, 4) is 6.07 Å². The molecule has 0 aliphatic rings. The van der Waals surface area contributed by atoms with Crippen LogP contribution >= 0.6 is 15.9 Å². The van der Waals surface area contributed by atoms with Crippen LogP contribution < -0.4 is 0 Å². The van der Waals surface area contributed by atoms with Crippen LogP contribution in [0, 0.1) is 11.3 Å². The van der Waals surface area contributed by atoms with Crippen LogP contribution in [0.5, 0.6) is 0 Å². The van der Waals surface area contributed by atoms with Crippen molar-refractivity contribution in [3.05, 3.63) is 0 Å². The van der Waals surface area contributed by atoms with E-state index >= 15 is 0 Å². The highest BCUT2D eigenvalue weighted by Gasteiger charge is 2.13. The molecular weight excluding hydrogens is 220 g/mol. The van der Waals surface area contributed by atoms with Gasteiger partial charge in [-0.25, -0.2) is 0 Å². The molecule has 12 heavy (non-hydrogen) atoms. The van der Waals surface area contributed by atoms with Gasteiger partial charge in [0.05, 0.1) is 12.5 Å². The van der Waals surface area contributed by atoms with E-state index in [-0.39, 0.29) is 11.9 Å². The summed E-state index contributed by atoms with van der Waals surface area (Å²) in [6.07, 6.45) is 0.886. The Balaban J connectivity index is 3.92. The van der Waals surface area contributed by atoms with Crippen molar-refractivity contribution in [1.29, 1.82) is 5.26 Å². The summed E-state index contributed by atoms with van der Waals surface area (Å²) in [7, 11) is 1.73. The van der Waals surface area contributed by atoms with Crippen LogP contribution in [0.25, 0.3) is 0 Å². The molecule has 0 saturated heterocycles. The molecule has 1 atom stereocenters. The second-order valence-corrected chi connectivity index (χ2v) is 3.45. The predicted molar refractivity (Wildman–Crippen MR) is 50.9 cm³/mol. The van der Waals surface area contributed by atoms with Gasteiger partial charge >= 0.3 is 0 Å². The Labute approximate surface area is 81.5 Å². The van der Waals surface area contributed by atoms with E-state index in [2.05, 4.69) is 15.9 Å². The number of amides is 1. The van der Waals surface area contributed by atoms with Gasteiger partial charge in [-0.2, -0.15) is 5.26 Å². The third kappa shape index (κ3) is 3.72. The van der Waals surface area contributed by atoms with E-state index in [0.29, 0.717) is 18.2 Å². The lowest BCUT2D eigenvalue weighted by Crippen LogP contribution is -2.34. The van der Waals surface area contributed by atoms with Gasteiger partial charge in [-0.3, -0.25) is 4.79 Å². The van der Waals surface area contributed by atoms with Crippen molar-refractivity contribution >= 4 is 21.8 Å². The molecule has 0 aromatic carbocycles. The predicted octanol–water partition coefficient (Wildman–Crippen LogP) is 1.53. The number of alkyl halides is 1. The third-order valence-corrected chi connectivity index (χ3v) is 2.15. The lowest BCUT2D eigenvalue weighted by molar-refractivity contribution is -0.131. The molecule has 0 heterocycles.